The molecule has 0 saturated carbocycles. The van der Waals surface area contributed by atoms with Gasteiger partial charge in [0.2, 0.25) is 5.78 Å². The summed E-state index contributed by atoms with van der Waals surface area (Å²) >= 11 is 0. The van der Waals surface area contributed by atoms with E-state index in [1.807, 2.05) is 0 Å². The molecule has 48 valence electrons. The highest BCUT2D eigenvalue weighted by atomic mass is 19.3. The first-order chi connectivity index (χ1) is 3.55. The van der Waals surface area contributed by atoms with E-state index in [1.54, 1.807) is 0 Å². The first kappa shape index (κ1) is 7.49. The third kappa shape index (κ3) is 1.97. The lowest BCUT2D eigenvalue weighted by Gasteiger charge is -1.99. The third-order valence-electron chi connectivity index (χ3n) is 0.664. The Morgan fingerprint density at radius 2 is 2.00 bits per heavy atom. The van der Waals surface area contributed by atoms with E-state index in [4.69, 9.17) is 5.73 Å². The van der Waals surface area contributed by atoms with Gasteiger partial charge in [0.15, 0.2) is 0 Å². The predicted octanol–water partition coefficient (Wildman–Crippen LogP) is 0.168. The number of halogens is 2. The normalized spacial score (nSPS) is 14.1. The molecular formula is C4H7F2NO. The molecule has 4 heteroatoms. The number of rotatable bonds is 2. The molecular weight excluding hydrogens is 116 g/mol. The number of hydrogen-bond acceptors (Lipinski definition) is 2. The lowest BCUT2D eigenvalue weighted by atomic mass is 10.2. The van der Waals surface area contributed by atoms with Gasteiger partial charge in [0.25, 0.3) is 6.43 Å². The van der Waals surface area contributed by atoms with E-state index < -0.39 is 18.3 Å². The van der Waals surface area contributed by atoms with Gasteiger partial charge in [-0.25, -0.2) is 8.78 Å². The van der Waals surface area contributed by atoms with Crippen LogP contribution in [0.15, 0.2) is 0 Å². The zero-order valence-electron chi connectivity index (χ0n) is 4.40. The zero-order chi connectivity index (χ0) is 6.73. The smallest absolute Gasteiger partial charge is 0.297 e. The Bertz CT molecular complexity index is 82.0. The summed E-state index contributed by atoms with van der Waals surface area (Å²) in [4.78, 5) is 9.97. The quantitative estimate of drug-likeness (QED) is 0.568. The average Bonchev–Trinajstić information content (AvgIpc) is 1.64. The summed E-state index contributed by atoms with van der Waals surface area (Å²) in [5, 5.41) is 0. The van der Waals surface area contributed by atoms with Crippen LogP contribution in [0.3, 0.4) is 0 Å². The molecule has 0 spiro atoms. The van der Waals surface area contributed by atoms with Crippen LogP contribution in [-0.2, 0) is 4.79 Å². The Hall–Kier alpha value is -0.510. The Morgan fingerprint density at radius 3 is 2.00 bits per heavy atom. The van der Waals surface area contributed by atoms with E-state index in [0.717, 1.165) is 0 Å². The summed E-state index contributed by atoms with van der Waals surface area (Å²) < 4.78 is 22.5. The maximum Gasteiger partial charge on any atom is 0.297 e. The number of carbonyl (C=O) groups is 1. The van der Waals surface area contributed by atoms with Crippen molar-refractivity contribution in [2.75, 3.05) is 0 Å². The Morgan fingerprint density at radius 1 is 1.62 bits per heavy atom. The van der Waals surface area contributed by atoms with Gasteiger partial charge in [-0.1, -0.05) is 0 Å². The van der Waals surface area contributed by atoms with Crippen LogP contribution in [0.2, 0.25) is 0 Å². The van der Waals surface area contributed by atoms with E-state index in [9.17, 15) is 13.6 Å². The van der Waals surface area contributed by atoms with Gasteiger partial charge in [0, 0.05) is 0 Å². The topological polar surface area (TPSA) is 43.1 Å². The lowest BCUT2D eigenvalue weighted by molar-refractivity contribution is -0.130. The second-order valence-corrected chi connectivity index (χ2v) is 1.49. The van der Waals surface area contributed by atoms with Crippen molar-refractivity contribution in [3.05, 3.63) is 0 Å². The standard InChI is InChI=1S/C4H7F2NO/c1-2(7)3(8)4(5)6/h2,4H,7H2,1H3. The molecule has 0 aromatic rings. The predicted molar refractivity (Wildman–Crippen MR) is 24.7 cm³/mol. The van der Waals surface area contributed by atoms with Crippen LogP contribution in [0.25, 0.3) is 0 Å². The zero-order valence-corrected chi connectivity index (χ0v) is 4.40. The molecule has 0 radical (unpaired) electrons. The van der Waals surface area contributed by atoms with Crippen molar-refractivity contribution in [3.8, 4) is 0 Å². The maximum absolute atomic E-state index is 11.2. The fourth-order valence-corrected chi connectivity index (χ4v) is 0.199. The minimum Gasteiger partial charge on any atom is -0.322 e. The highest BCUT2D eigenvalue weighted by Crippen LogP contribution is 1.95. The first-order valence-corrected chi connectivity index (χ1v) is 2.13. The molecule has 0 aliphatic rings. The second kappa shape index (κ2) is 2.71. The summed E-state index contributed by atoms with van der Waals surface area (Å²) in [5.74, 6) is -1.20. The van der Waals surface area contributed by atoms with Gasteiger partial charge < -0.3 is 5.73 Å². The van der Waals surface area contributed by atoms with Crippen molar-refractivity contribution in [1.29, 1.82) is 0 Å². The van der Waals surface area contributed by atoms with Crippen molar-refractivity contribution in [2.45, 2.75) is 19.4 Å². The van der Waals surface area contributed by atoms with Crippen LogP contribution in [0, 0.1) is 0 Å². The fraction of sp³-hybridized carbons (Fsp3) is 0.750. The van der Waals surface area contributed by atoms with Gasteiger partial charge in [0.05, 0.1) is 6.04 Å². The summed E-state index contributed by atoms with van der Waals surface area (Å²) in [7, 11) is 0. The second-order valence-electron chi connectivity index (χ2n) is 1.49. The number of carbonyl (C=O) groups excluding carboxylic acids is 1. The molecule has 8 heavy (non-hydrogen) atoms. The molecule has 0 fully saturated rings. The number of ketones is 1. The lowest BCUT2D eigenvalue weighted by Crippen LogP contribution is -2.31. The van der Waals surface area contributed by atoms with E-state index in [0.29, 0.717) is 0 Å². The molecule has 0 saturated heterocycles. The van der Waals surface area contributed by atoms with Crippen molar-refractivity contribution in [3.63, 3.8) is 0 Å². The summed E-state index contributed by atoms with van der Waals surface area (Å²) in [6.07, 6.45) is -2.92. The van der Waals surface area contributed by atoms with Gasteiger partial charge in [0.1, 0.15) is 0 Å². The van der Waals surface area contributed by atoms with E-state index in [-0.39, 0.29) is 0 Å². The molecule has 0 aliphatic heterocycles. The molecule has 0 rings (SSSR count). The van der Waals surface area contributed by atoms with Gasteiger partial charge in [-0.15, -0.1) is 0 Å². The third-order valence-corrected chi connectivity index (χ3v) is 0.664. The highest BCUT2D eigenvalue weighted by molar-refractivity contribution is 5.86. The number of Topliss-reactive ketones (excluding diaryl/α,β-unsaturated/α-hetero) is 1. The molecule has 0 aromatic carbocycles. The average molecular weight is 123 g/mol. The van der Waals surface area contributed by atoms with Crippen LogP contribution in [0.1, 0.15) is 6.92 Å². The first-order valence-electron chi connectivity index (χ1n) is 2.13. The van der Waals surface area contributed by atoms with Gasteiger partial charge in [-0.3, -0.25) is 4.79 Å². The number of hydrogen-bond donors (Lipinski definition) is 1. The van der Waals surface area contributed by atoms with Crippen LogP contribution in [0.4, 0.5) is 8.78 Å². The van der Waals surface area contributed by atoms with Gasteiger partial charge in [-0.2, -0.15) is 0 Å². The SMILES string of the molecule is CC(N)C(=O)C(F)F. The molecule has 0 aliphatic carbocycles. The van der Waals surface area contributed by atoms with Gasteiger partial charge in [-0.05, 0) is 6.92 Å². The molecule has 0 bridgehead atoms. The van der Waals surface area contributed by atoms with Crippen molar-refractivity contribution >= 4 is 5.78 Å². The van der Waals surface area contributed by atoms with Crippen LogP contribution in [0.5, 0.6) is 0 Å². The molecule has 0 aromatic heterocycles. The Balaban J connectivity index is 3.65. The molecule has 1 atom stereocenters. The molecule has 2 N–H and O–H groups in total. The molecule has 2 nitrogen and oxygen atoms in total. The highest BCUT2D eigenvalue weighted by Gasteiger charge is 2.18. The Kier molecular flexibility index (Phi) is 2.54. The molecule has 1 unspecified atom stereocenters. The number of alkyl halides is 2. The minimum atomic E-state index is -2.92. The van der Waals surface area contributed by atoms with Crippen LogP contribution < -0.4 is 5.73 Å². The fourth-order valence-electron chi connectivity index (χ4n) is 0.199. The summed E-state index contributed by atoms with van der Waals surface area (Å²) in [5.41, 5.74) is 4.81. The van der Waals surface area contributed by atoms with Crippen molar-refractivity contribution in [2.24, 2.45) is 5.73 Å². The van der Waals surface area contributed by atoms with Crippen molar-refractivity contribution in [1.82, 2.24) is 0 Å². The monoisotopic (exact) mass is 123 g/mol. The van der Waals surface area contributed by atoms with Gasteiger partial charge >= 0.3 is 0 Å². The number of nitrogens with two attached hydrogens (primary N) is 1. The minimum absolute atomic E-state index is 1.05. The molecule has 0 heterocycles. The molecule has 0 amide bonds. The van der Waals surface area contributed by atoms with E-state index in [1.165, 1.54) is 6.92 Å². The maximum atomic E-state index is 11.2. The van der Waals surface area contributed by atoms with E-state index in [2.05, 4.69) is 0 Å². The largest absolute Gasteiger partial charge is 0.322 e. The van der Waals surface area contributed by atoms with Crippen LogP contribution in [-0.4, -0.2) is 18.3 Å². The Labute approximate surface area is 45.7 Å². The summed E-state index contributed by atoms with van der Waals surface area (Å²) in [6.45, 7) is 1.23. The van der Waals surface area contributed by atoms with E-state index >= 15 is 0 Å². The van der Waals surface area contributed by atoms with Crippen LogP contribution >= 0.6 is 0 Å². The van der Waals surface area contributed by atoms with Crippen molar-refractivity contribution < 1.29 is 13.6 Å². The summed E-state index contributed by atoms with van der Waals surface area (Å²) in [6, 6.07) is -1.05.